The molecule has 4 rings (SSSR count). The SMILES string of the molecule is CCCCCc1ccc(C(=O)N2C/C(=N/OCc3ccc(Cl)c(Cl)c3)CC2C(=O)NCc2ccco2)c(=O)o1. The smallest absolute Gasteiger partial charge is 0.348 e. The first-order valence-electron chi connectivity index (χ1n) is 12.7. The lowest BCUT2D eigenvalue weighted by molar-refractivity contribution is -0.125. The summed E-state index contributed by atoms with van der Waals surface area (Å²) < 4.78 is 10.7. The topological polar surface area (TPSA) is 114 Å². The van der Waals surface area contributed by atoms with Gasteiger partial charge in [0.15, 0.2) is 0 Å². The molecule has 0 spiro atoms. The van der Waals surface area contributed by atoms with Crippen molar-refractivity contribution in [3.63, 3.8) is 0 Å². The van der Waals surface area contributed by atoms with Crippen LogP contribution in [0.15, 0.2) is 67.5 Å². The maximum absolute atomic E-state index is 13.4. The predicted octanol–water partition coefficient (Wildman–Crippen LogP) is 5.38. The summed E-state index contributed by atoms with van der Waals surface area (Å²) in [5, 5.41) is 7.77. The van der Waals surface area contributed by atoms with Crippen molar-refractivity contribution in [2.24, 2.45) is 5.16 Å². The van der Waals surface area contributed by atoms with Crippen LogP contribution in [0.3, 0.4) is 0 Å². The van der Waals surface area contributed by atoms with Crippen LogP contribution in [-0.4, -0.2) is 35.0 Å². The minimum Gasteiger partial charge on any atom is -0.467 e. The third kappa shape index (κ3) is 7.52. The lowest BCUT2D eigenvalue weighted by atomic mass is 10.1. The molecule has 1 aliphatic heterocycles. The number of hydrogen-bond donors (Lipinski definition) is 1. The Kier molecular flexibility index (Phi) is 9.84. The average Bonchev–Trinajstić information content (AvgIpc) is 3.60. The van der Waals surface area contributed by atoms with Gasteiger partial charge in [-0.05, 0) is 48.4 Å². The number of halogens is 2. The first kappa shape index (κ1) is 28.4. The summed E-state index contributed by atoms with van der Waals surface area (Å²) in [6.07, 6.45) is 5.21. The Morgan fingerprint density at radius 2 is 1.97 bits per heavy atom. The Morgan fingerprint density at radius 3 is 2.69 bits per heavy atom. The van der Waals surface area contributed by atoms with Crippen molar-refractivity contribution in [3.8, 4) is 0 Å². The molecule has 0 radical (unpaired) electrons. The molecule has 3 heterocycles. The van der Waals surface area contributed by atoms with Crippen LogP contribution >= 0.6 is 23.2 Å². The van der Waals surface area contributed by atoms with Crippen LogP contribution in [0.1, 0.15) is 60.0 Å². The summed E-state index contributed by atoms with van der Waals surface area (Å²) in [6.45, 7) is 2.37. The van der Waals surface area contributed by atoms with Gasteiger partial charge in [-0.25, -0.2) is 4.79 Å². The normalized spacial score (nSPS) is 16.0. The highest BCUT2D eigenvalue weighted by molar-refractivity contribution is 6.42. The van der Waals surface area contributed by atoms with Crippen molar-refractivity contribution in [2.45, 2.75) is 58.2 Å². The lowest BCUT2D eigenvalue weighted by Crippen LogP contribution is -2.46. The van der Waals surface area contributed by atoms with Crippen molar-refractivity contribution >= 4 is 40.7 Å². The summed E-state index contributed by atoms with van der Waals surface area (Å²) in [5.74, 6) is 0.0705. The fourth-order valence-corrected chi connectivity index (χ4v) is 4.52. The highest BCUT2D eigenvalue weighted by Crippen LogP contribution is 2.23. The van der Waals surface area contributed by atoms with E-state index in [0.29, 0.717) is 33.7 Å². The van der Waals surface area contributed by atoms with Crippen LogP contribution in [0.2, 0.25) is 10.0 Å². The Bertz CT molecular complexity index is 1390. The van der Waals surface area contributed by atoms with Gasteiger partial charge in [0.05, 0.1) is 35.1 Å². The second-order valence-corrected chi connectivity index (χ2v) is 10.0. The maximum atomic E-state index is 13.4. The first-order valence-corrected chi connectivity index (χ1v) is 13.5. The molecule has 11 heteroatoms. The zero-order valence-electron chi connectivity index (χ0n) is 21.5. The van der Waals surface area contributed by atoms with E-state index < -0.39 is 23.5 Å². The van der Waals surface area contributed by atoms with Crippen LogP contribution in [0.5, 0.6) is 0 Å². The number of carbonyl (C=O) groups excluding carboxylic acids is 2. The molecule has 1 aromatic carbocycles. The Hall–Kier alpha value is -3.56. The van der Waals surface area contributed by atoms with Gasteiger partial charge in [0.2, 0.25) is 5.91 Å². The molecule has 206 valence electrons. The third-order valence-electron chi connectivity index (χ3n) is 6.28. The minimum absolute atomic E-state index is 0.0107. The number of oxime groups is 1. The van der Waals surface area contributed by atoms with Crippen LogP contribution in [0.4, 0.5) is 0 Å². The summed E-state index contributed by atoms with van der Waals surface area (Å²) in [6, 6.07) is 10.7. The number of benzene rings is 1. The highest BCUT2D eigenvalue weighted by atomic mass is 35.5. The molecule has 1 saturated heterocycles. The van der Waals surface area contributed by atoms with E-state index in [1.165, 1.54) is 17.2 Å². The molecule has 0 saturated carbocycles. The molecule has 0 bridgehead atoms. The molecule has 1 unspecified atom stereocenters. The second kappa shape index (κ2) is 13.5. The highest BCUT2D eigenvalue weighted by Gasteiger charge is 2.39. The van der Waals surface area contributed by atoms with Crippen LogP contribution in [-0.2, 0) is 29.2 Å². The standard InChI is InChI=1S/C28H29Cl2N3O6/c1-2-3-4-6-20-9-10-22(28(36)39-20)27(35)33-16-19(32-38-17-18-8-11-23(29)24(30)13-18)14-25(33)26(34)31-15-21-7-5-12-37-21/h5,7-13,25H,2-4,6,14-17H2,1H3,(H,31,34)/b32-19+. The number of unbranched alkanes of at least 4 members (excludes halogenated alkanes) is 2. The van der Waals surface area contributed by atoms with E-state index in [4.69, 9.17) is 36.9 Å². The zero-order valence-corrected chi connectivity index (χ0v) is 23.0. The van der Waals surface area contributed by atoms with Gasteiger partial charge < -0.3 is 23.9 Å². The van der Waals surface area contributed by atoms with E-state index in [9.17, 15) is 14.4 Å². The molecule has 3 aromatic rings. The first-order chi connectivity index (χ1) is 18.9. The van der Waals surface area contributed by atoms with Gasteiger partial charge in [0.25, 0.3) is 5.91 Å². The zero-order chi connectivity index (χ0) is 27.8. The summed E-state index contributed by atoms with van der Waals surface area (Å²) in [4.78, 5) is 46.0. The van der Waals surface area contributed by atoms with Gasteiger partial charge in [-0.3, -0.25) is 9.59 Å². The van der Waals surface area contributed by atoms with E-state index in [2.05, 4.69) is 17.4 Å². The predicted molar refractivity (Wildman–Crippen MR) is 147 cm³/mol. The lowest BCUT2D eigenvalue weighted by Gasteiger charge is -2.22. The number of likely N-dealkylation sites (tertiary alicyclic amines) is 1. The summed E-state index contributed by atoms with van der Waals surface area (Å²) in [5.41, 5.74) is 0.354. The molecular formula is C28H29Cl2N3O6. The Labute approximate surface area is 235 Å². The average molecular weight is 574 g/mol. The van der Waals surface area contributed by atoms with Crippen LogP contribution < -0.4 is 10.9 Å². The van der Waals surface area contributed by atoms with Crippen molar-refractivity contribution in [2.75, 3.05) is 6.54 Å². The van der Waals surface area contributed by atoms with Crippen molar-refractivity contribution in [1.82, 2.24) is 10.2 Å². The molecule has 1 atom stereocenters. The quantitative estimate of drug-likeness (QED) is 0.243. The van der Waals surface area contributed by atoms with Crippen LogP contribution in [0.25, 0.3) is 0 Å². The summed E-state index contributed by atoms with van der Waals surface area (Å²) >= 11 is 12.0. The number of furan rings is 1. The third-order valence-corrected chi connectivity index (χ3v) is 7.02. The van der Waals surface area contributed by atoms with Gasteiger partial charge in [-0.2, -0.15) is 0 Å². The minimum atomic E-state index is -0.900. The van der Waals surface area contributed by atoms with Gasteiger partial charge in [-0.1, -0.05) is 54.2 Å². The molecule has 2 aromatic heterocycles. The van der Waals surface area contributed by atoms with E-state index in [0.717, 1.165) is 24.8 Å². The molecule has 1 fully saturated rings. The molecular weight excluding hydrogens is 545 g/mol. The van der Waals surface area contributed by atoms with Gasteiger partial charge >= 0.3 is 5.63 Å². The number of rotatable bonds is 11. The second-order valence-electron chi connectivity index (χ2n) is 9.19. The number of hydrogen-bond acceptors (Lipinski definition) is 7. The molecule has 0 aliphatic carbocycles. The van der Waals surface area contributed by atoms with Crippen molar-refractivity contribution in [1.29, 1.82) is 0 Å². The van der Waals surface area contributed by atoms with Crippen molar-refractivity contribution < 1.29 is 23.3 Å². The number of nitrogens with zero attached hydrogens (tertiary/aromatic N) is 2. The van der Waals surface area contributed by atoms with E-state index in [-0.39, 0.29) is 31.7 Å². The molecule has 1 N–H and O–H groups in total. The Morgan fingerprint density at radius 1 is 1.13 bits per heavy atom. The van der Waals surface area contributed by atoms with E-state index in [1.807, 2.05) is 0 Å². The van der Waals surface area contributed by atoms with E-state index >= 15 is 0 Å². The summed E-state index contributed by atoms with van der Waals surface area (Å²) in [7, 11) is 0. The molecule has 39 heavy (non-hydrogen) atoms. The fraction of sp³-hybridized carbons (Fsp3) is 0.357. The number of carbonyl (C=O) groups is 2. The maximum Gasteiger partial charge on any atom is 0.348 e. The largest absolute Gasteiger partial charge is 0.467 e. The number of aryl methyl sites for hydroxylation is 1. The monoisotopic (exact) mass is 573 g/mol. The number of amides is 2. The van der Waals surface area contributed by atoms with Gasteiger partial charge in [-0.15, -0.1) is 0 Å². The number of nitrogens with one attached hydrogen (secondary N) is 1. The van der Waals surface area contributed by atoms with Gasteiger partial charge in [0, 0.05) is 12.8 Å². The van der Waals surface area contributed by atoms with Crippen molar-refractivity contribution in [3.05, 3.63) is 91.8 Å². The molecule has 1 aliphatic rings. The Balaban J connectivity index is 1.49. The van der Waals surface area contributed by atoms with Crippen LogP contribution in [0, 0.1) is 0 Å². The van der Waals surface area contributed by atoms with Gasteiger partial charge in [0.1, 0.15) is 29.7 Å². The fourth-order valence-electron chi connectivity index (χ4n) is 4.20. The molecule has 2 amide bonds. The van der Waals surface area contributed by atoms with E-state index in [1.54, 1.807) is 36.4 Å². The molecule has 9 nitrogen and oxygen atoms in total.